The fraction of sp³-hybridized carbons (Fsp3) is 0.0333. The first-order chi connectivity index (χ1) is 31.8. The van der Waals surface area contributed by atoms with Crippen molar-refractivity contribution in [3.05, 3.63) is 300 Å². The molecule has 0 bridgehead atoms. The molecule has 0 radical (unpaired) electrons. The topological polar surface area (TPSA) is 32.3 Å². The molecular weight excluding hydrogens is 777 g/mol. The van der Waals surface area contributed by atoms with Gasteiger partial charge in [-0.05, 0) is 93.0 Å². The normalized spacial score (nSPS) is 14.1. The number of anilines is 6. The summed E-state index contributed by atoms with van der Waals surface area (Å²) in [7, 11) is 0. The number of hydrogen-bond acceptors (Lipinski definition) is 4. The molecule has 8 aromatic carbocycles. The fourth-order valence-electron chi connectivity index (χ4n) is 10.8. The quantitative estimate of drug-likeness (QED) is 0.160. The van der Waals surface area contributed by atoms with Gasteiger partial charge in [-0.25, -0.2) is 0 Å². The molecule has 0 atom stereocenters. The van der Waals surface area contributed by atoms with E-state index in [0.29, 0.717) is 0 Å². The number of hydrogen-bond donors (Lipinski definition) is 0. The van der Waals surface area contributed by atoms with Crippen LogP contribution in [0.2, 0.25) is 0 Å². The minimum Gasteiger partial charge on any atom is -0.310 e. The van der Waals surface area contributed by atoms with Gasteiger partial charge in [0, 0.05) is 23.8 Å². The number of benzene rings is 8. The van der Waals surface area contributed by atoms with Crippen LogP contribution in [-0.2, 0) is 10.8 Å². The monoisotopic (exact) mass is 818 g/mol. The Labute approximate surface area is 374 Å². The molecule has 0 aliphatic carbocycles. The van der Waals surface area contributed by atoms with Crippen molar-refractivity contribution in [1.29, 1.82) is 0 Å². The number of fused-ring (bicyclic) bond motifs is 4. The summed E-state index contributed by atoms with van der Waals surface area (Å²) in [5.74, 6) is 0. The van der Waals surface area contributed by atoms with E-state index in [1.54, 1.807) is 0 Å². The Hall–Kier alpha value is -8.34. The largest absolute Gasteiger partial charge is 0.310 e. The Morgan fingerprint density at radius 1 is 0.266 bits per heavy atom. The van der Waals surface area contributed by atoms with Crippen molar-refractivity contribution in [3.8, 4) is 11.4 Å². The van der Waals surface area contributed by atoms with Gasteiger partial charge in [0.05, 0.1) is 45.0 Å². The van der Waals surface area contributed by atoms with Crippen LogP contribution in [0.5, 0.6) is 0 Å². The van der Waals surface area contributed by atoms with Crippen LogP contribution >= 0.6 is 0 Å². The Morgan fingerprint density at radius 2 is 0.516 bits per heavy atom. The molecule has 0 fully saturated rings. The Bertz CT molecular complexity index is 2890. The maximum Gasteiger partial charge on any atom is 0.0907 e. The molecule has 2 aliphatic rings. The molecule has 10 aromatic rings. The van der Waals surface area contributed by atoms with Gasteiger partial charge in [-0.1, -0.05) is 194 Å². The molecule has 0 amide bonds. The second-order valence-corrected chi connectivity index (χ2v) is 16.5. The first-order valence-electron chi connectivity index (χ1n) is 21.9. The maximum atomic E-state index is 5.01. The van der Waals surface area contributed by atoms with Gasteiger partial charge in [-0.2, -0.15) is 0 Å². The molecule has 0 saturated heterocycles. The van der Waals surface area contributed by atoms with Crippen molar-refractivity contribution >= 4 is 34.1 Å². The summed E-state index contributed by atoms with van der Waals surface area (Å²) in [4.78, 5) is 14.8. The van der Waals surface area contributed by atoms with Crippen LogP contribution in [0.3, 0.4) is 0 Å². The van der Waals surface area contributed by atoms with Crippen LogP contribution < -0.4 is 9.80 Å². The summed E-state index contributed by atoms with van der Waals surface area (Å²) in [6.45, 7) is 0. The SMILES string of the molecule is c1ccc(C2(c3ccccc3)c3ccccc3N(c3ccnc(-c4cc(N5c6ccccc6C(c6ccccc6)(c6ccccc6)c6ccccc65)ccn4)c3)c3ccccc32)cc1. The summed E-state index contributed by atoms with van der Waals surface area (Å²) < 4.78 is 0. The zero-order chi connectivity index (χ0) is 42.5. The van der Waals surface area contributed by atoms with Gasteiger partial charge < -0.3 is 9.80 Å². The predicted molar refractivity (Wildman–Crippen MR) is 261 cm³/mol. The summed E-state index contributed by atoms with van der Waals surface area (Å²) in [6, 6.07) is 87.8. The number of nitrogens with zero attached hydrogens (tertiary/aromatic N) is 4. The second kappa shape index (κ2) is 15.2. The highest BCUT2D eigenvalue weighted by Crippen LogP contribution is 2.59. The number of pyridine rings is 2. The van der Waals surface area contributed by atoms with E-state index in [2.05, 4.69) is 252 Å². The van der Waals surface area contributed by atoms with Crippen LogP contribution in [0.15, 0.2) is 255 Å². The van der Waals surface area contributed by atoms with E-state index in [1.807, 2.05) is 12.4 Å². The van der Waals surface area contributed by atoms with E-state index in [1.165, 1.54) is 44.5 Å². The van der Waals surface area contributed by atoms with Crippen LogP contribution in [0, 0.1) is 0 Å². The van der Waals surface area contributed by atoms with Gasteiger partial charge in [0.1, 0.15) is 0 Å². The lowest BCUT2D eigenvalue weighted by atomic mass is 9.62. The molecule has 0 unspecified atom stereocenters. The molecule has 4 heteroatoms. The van der Waals surface area contributed by atoms with Crippen molar-refractivity contribution in [2.24, 2.45) is 0 Å². The molecule has 0 N–H and O–H groups in total. The highest BCUT2D eigenvalue weighted by atomic mass is 15.2. The number of aromatic nitrogens is 2. The van der Waals surface area contributed by atoms with E-state index in [-0.39, 0.29) is 0 Å². The van der Waals surface area contributed by atoms with E-state index in [9.17, 15) is 0 Å². The lowest BCUT2D eigenvalue weighted by Gasteiger charge is -2.46. The van der Waals surface area contributed by atoms with Crippen LogP contribution in [0.4, 0.5) is 34.1 Å². The van der Waals surface area contributed by atoms with Gasteiger partial charge in [0.2, 0.25) is 0 Å². The van der Waals surface area contributed by atoms with Gasteiger partial charge >= 0.3 is 0 Å². The van der Waals surface area contributed by atoms with Gasteiger partial charge in [0.25, 0.3) is 0 Å². The van der Waals surface area contributed by atoms with Crippen LogP contribution in [-0.4, -0.2) is 9.97 Å². The summed E-state index contributed by atoms with van der Waals surface area (Å²) in [5, 5.41) is 0. The lowest BCUT2D eigenvalue weighted by molar-refractivity contribution is 0.731. The minimum absolute atomic E-state index is 0.544. The highest BCUT2D eigenvalue weighted by Gasteiger charge is 2.48. The molecule has 4 nitrogen and oxygen atoms in total. The highest BCUT2D eigenvalue weighted by molar-refractivity contribution is 5.92. The summed E-state index contributed by atoms with van der Waals surface area (Å²) in [5.41, 5.74) is 16.8. The predicted octanol–water partition coefficient (Wildman–Crippen LogP) is 14.5. The number of para-hydroxylation sites is 4. The van der Waals surface area contributed by atoms with E-state index < -0.39 is 10.8 Å². The average Bonchev–Trinajstić information content (AvgIpc) is 3.38. The van der Waals surface area contributed by atoms with Crippen LogP contribution in [0.25, 0.3) is 11.4 Å². The Morgan fingerprint density at radius 3 is 0.797 bits per heavy atom. The van der Waals surface area contributed by atoms with E-state index in [4.69, 9.17) is 9.97 Å². The second-order valence-electron chi connectivity index (χ2n) is 16.5. The maximum absolute atomic E-state index is 5.01. The summed E-state index contributed by atoms with van der Waals surface area (Å²) in [6.07, 6.45) is 3.83. The lowest BCUT2D eigenvalue weighted by Crippen LogP contribution is -2.37. The van der Waals surface area contributed by atoms with Gasteiger partial charge in [-0.3, -0.25) is 9.97 Å². The Kier molecular flexibility index (Phi) is 8.91. The molecule has 12 rings (SSSR count). The van der Waals surface area contributed by atoms with Crippen molar-refractivity contribution in [3.63, 3.8) is 0 Å². The Balaban J connectivity index is 1.01. The molecule has 0 spiro atoms. The molecule has 2 aliphatic heterocycles. The molecule has 0 saturated carbocycles. The first-order valence-corrected chi connectivity index (χ1v) is 21.9. The molecule has 302 valence electrons. The van der Waals surface area contributed by atoms with Crippen molar-refractivity contribution in [2.45, 2.75) is 10.8 Å². The van der Waals surface area contributed by atoms with Crippen molar-refractivity contribution in [2.75, 3.05) is 9.80 Å². The third-order valence-electron chi connectivity index (χ3n) is 13.3. The molecule has 4 heterocycles. The molecular formula is C60H42N4. The van der Waals surface area contributed by atoms with Gasteiger partial charge in [-0.15, -0.1) is 0 Å². The smallest absolute Gasteiger partial charge is 0.0907 e. The van der Waals surface area contributed by atoms with E-state index in [0.717, 1.165) is 45.5 Å². The van der Waals surface area contributed by atoms with Crippen molar-refractivity contribution < 1.29 is 0 Å². The average molecular weight is 819 g/mol. The van der Waals surface area contributed by atoms with Crippen molar-refractivity contribution in [1.82, 2.24) is 9.97 Å². The zero-order valence-corrected chi connectivity index (χ0v) is 35.0. The summed E-state index contributed by atoms with van der Waals surface area (Å²) >= 11 is 0. The van der Waals surface area contributed by atoms with Gasteiger partial charge in [0.15, 0.2) is 0 Å². The first kappa shape index (κ1) is 37.4. The standard InChI is InChI=1S/C60H42N4/c1-5-21-43(22-6-1)59(44-23-7-2-8-24-44)49-29-13-17-33-55(49)63(56-34-18-14-30-50(56)59)47-37-39-61-53(41-47)54-42-48(38-40-62-54)64-57-35-19-15-31-51(57)60(45-25-9-3-10-26-45,46-27-11-4-12-28-46)52-32-16-20-36-58(52)64/h1-42H. The fourth-order valence-corrected chi connectivity index (χ4v) is 10.8. The third kappa shape index (κ3) is 5.56. The number of rotatable bonds is 7. The van der Waals surface area contributed by atoms with Crippen LogP contribution in [0.1, 0.15) is 44.5 Å². The molecule has 2 aromatic heterocycles. The minimum atomic E-state index is -0.544. The molecule has 64 heavy (non-hydrogen) atoms. The van der Waals surface area contributed by atoms with E-state index >= 15 is 0 Å². The third-order valence-corrected chi connectivity index (χ3v) is 13.3. The zero-order valence-electron chi connectivity index (χ0n) is 35.0.